The van der Waals surface area contributed by atoms with Gasteiger partial charge in [-0.3, -0.25) is 4.79 Å². The summed E-state index contributed by atoms with van der Waals surface area (Å²) in [5.74, 6) is 0.859. The van der Waals surface area contributed by atoms with Gasteiger partial charge in [-0.15, -0.1) is 0 Å². The molecule has 0 N–H and O–H groups in total. The number of carbonyl (C=O) groups excluding carboxylic acids is 1. The Morgan fingerprint density at radius 2 is 2.27 bits per heavy atom. The minimum absolute atomic E-state index is 0.106. The summed E-state index contributed by atoms with van der Waals surface area (Å²) in [4.78, 5) is 13.7. The second kappa shape index (κ2) is 3.93. The zero-order valence-corrected chi connectivity index (χ0v) is 9.12. The van der Waals surface area contributed by atoms with Crippen molar-refractivity contribution >= 4 is 5.91 Å². The number of nitrogens with zero attached hydrogens (tertiary/aromatic N) is 1. The summed E-state index contributed by atoms with van der Waals surface area (Å²) in [6.45, 7) is 0.821. The Balaban J connectivity index is 2.40. The van der Waals surface area contributed by atoms with Gasteiger partial charge in [-0.25, -0.2) is 0 Å². The van der Waals surface area contributed by atoms with Crippen LogP contribution < -0.4 is 0 Å². The van der Waals surface area contributed by atoms with Crippen LogP contribution in [-0.2, 0) is 9.53 Å². The van der Waals surface area contributed by atoms with Crippen molar-refractivity contribution in [1.29, 1.82) is 0 Å². The third kappa shape index (κ3) is 1.82. The third-order valence-electron chi connectivity index (χ3n) is 2.88. The highest BCUT2D eigenvalue weighted by molar-refractivity contribution is 5.98. The van der Waals surface area contributed by atoms with E-state index in [1.807, 2.05) is 19.2 Å². The molecular formula is C12H15NO2. The first-order chi connectivity index (χ1) is 7.22. The Bertz CT molecular complexity index is 377. The van der Waals surface area contributed by atoms with E-state index in [4.69, 9.17) is 4.74 Å². The third-order valence-corrected chi connectivity index (χ3v) is 2.88. The molecule has 3 heteroatoms. The molecule has 1 amide bonds. The molecule has 0 atom stereocenters. The zero-order valence-electron chi connectivity index (χ0n) is 9.12. The van der Waals surface area contributed by atoms with Crippen LogP contribution in [0.15, 0.2) is 35.1 Å². The average molecular weight is 205 g/mol. The van der Waals surface area contributed by atoms with Crippen LogP contribution in [0.3, 0.4) is 0 Å². The van der Waals surface area contributed by atoms with E-state index in [1.165, 1.54) is 5.57 Å². The second-order valence-electron chi connectivity index (χ2n) is 3.85. The molecule has 80 valence electrons. The minimum Gasteiger partial charge on any atom is -0.497 e. The summed E-state index contributed by atoms with van der Waals surface area (Å²) in [5, 5.41) is 0. The Morgan fingerprint density at radius 3 is 3.00 bits per heavy atom. The van der Waals surface area contributed by atoms with E-state index in [-0.39, 0.29) is 5.91 Å². The lowest BCUT2D eigenvalue weighted by molar-refractivity contribution is -0.126. The average Bonchev–Trinajstić information content (AvgIpc) is 2.45. The van der Waals surface area contributed by atoms with Crippen molar-refractivity contribution in [3.8, 4) is 0 Å². The number of carbonyl (C=O) groups is 1. The monoisotopic (exact) mass is 205 g/mol. The molecule has 0 spiro atoms. The van der Waals surface area contributed by atoms with Crippen molar-refractivity contribution in [3.05, 3.63) is 35.1 Å². The lowest BCUT2D eigenvalue weighted by atomic mass is 9.97. The molecule has 3 nitrogen and oxygen atoms in total. The van der Waals surface area contributed by atoms with E-state index in [0.717, 1.165) is 30.7 Å². The zero-order chi connectivity index (χ0) is 10.8. The van der Waals surface area contributed by atoms with Gasteiger partial charge in [0.1, 0.15) is 5.76 Å². The molecule has 0 aromatic carbocycles. The van der Waals surface area contributed by atoms with Gasteiger partial charge in [0.25, 0.3) is 5.91 Å². The van der Waals surface area contributed by atoms with E-state index in [1.54, 1.807) is 12.0 Å². The van der Waals surface area contributed by atoms with E-state index in [9.17, 15) is 4.79 Å². The number of hydrogen-bond donors (Lipinski definition) is 0. The molecule has 0 bridgehead atoms. The standard InChI is InChI=1S/C12H15NO2/c1-13-7-6-9-4-3-5-10(15-2)8-11(9)12(13)14/h3,5,8H,4,6-7H2,1-2H3. The molecule has 0 fully saturated rings. The first kappa shape index (κ1) is 10.0. The highest BCUT2D eigenvalue weighted by Gasteiger charge is 2.23. The molecule has 0 aromatic heterocycles. The summed E-state index contributed by atoms with van der Waals surface area (Å²) in [6.07, 6.45) is 7.65. The highest BCUT2D eigenvalue weighted by atomic mass is 16.5. The van der Waals surface area contributed by atoms with Crippen molar-refractivity contribution in [1.82, 2.24) is 4.90 Å². The van der Waals surface area contributed by atoms with Crippen LogP contribution in [0.2, 0.25) is 0 Å². The molecule has 2 rings (SSSR count). The van der Waals surface area contributed by atoms with Crippen LogP contribution in [0.25, 0.3) is 0 Å². The van der Waals surface area contributed by atoms with Crippen molar-refractivity contribution in [2.75, 3.05) is 20.7 Å². The Kier molecular flexibility index (Phi) is 2.62. The van der Waals surface area contributed by atoms with Crippen LogP contribution in [-0.4, -0.2) is 31.5 Å². The van der Waals surface area contributed by atoms with Gasteiger partial charge in [0.15, 0.2) is 0 Å². The molecular weight excluding hydrogens is 190 g/mol. The number of ether oxygens (including phenoxy) is 1. The van der Waals surface area contributed by atoms with Gasteiger partial charge in [0.2, 0.25) is 0 Å². The Morgan fingerprint density at radius 1 is 1.47 bits per heavy atom. The van der Waals surface area contributed by atoms with Crippen LogP contribution in [0.5, 0.6) is 0 Å². The number of rotatable bonds is 1. The fourth-order valence-electron chi connectivity index (χ4n) is 1.91. The summed E-state index contributed by atoms with van der Waals surface area (Å²) in [7, 11) is 3.46. The minimum atomic E-state index is 0.106. The molecule has 1 heterocycles. The molecule has 0 unspecified atom stereocenters. The van der Waals surface area contributed by atoms with Gasteiger partial charge in [0, 0.05) is 19.2 Å². The first-order valence-electron chi connectivity index (χ1n) is 5.12. The van der Waals surface area contributed by atoms with Gasteiger partial charge in [-0.1, -0.05) is 11.6 Å². The SMILES string of the molecule is COC1=CC2=C(CC=C1)CCN(C)C2=O. The summed E-state index contributed by atoms with van der Waals surface area (Å²) >= 11 is 0. The molecule has 1 aliphatic carbocycles. The largest absolute Gasteiger partial charge is 0.497 e. The van der Waals surface area contributed by atoms with E-state index in [2.05, 4.69) is 6.08 Å². The molecule has 0 saturated heterocycles. The molecule has 0 aromatic rings. The Hall–Kier alpha value is -1.51. The molecule has 15 heavy (non-hydrogen) atoms. The van der Waals surface area contributed by atoms with E-state index >= 15 is 0 Å². The number of amides is 1. The lowest BCUT2D eigenvalue weighted by Crippen LogP contribution is -2.33. The van der Waals surface area contributed by atoms with Gasteiger partial charge in [-0.2, -0.15) is 0 Å². The first-order valence-corrected chi connectivity index (χ1v) is 5.12. The summed E-state index contributed by atoms with van der Waals surface area (Å²) in [5.41, 5.74) is 2.03. The maximum Gasteiger partial charge on any atom is 0.253 e. The van der Waals surface area contributed by atoms with Gasteiger partial charge >= 0.3 is 0 Å². The maximum absolute atomic E-state index is 11.9. The fourth-order valence-corrected chi connectivity index (χ4v) is 1.91. The number of hydrogen-bond acceptors (Lipinski definition) is 2. The van der Waals surface area contributed by atoms with Gasteiger partial charge in [-0.05, 0) is 25.0 Å². The van der Waals surface area contributed by atoms with Crippen molar-refractivity contribution in [2.24, 2.45) is 0 Å². The van der Waals surface area contributed by atoms with Crippen LogP contribution in [0, 0.1) is 0 Å². The quantitative estimate of drug-likeness (QED) is 0.651. The van der Waals surface area contributed by atoms with Gasteiger partial charge in [0.05, 0.1) is 7.11 Å². The van der Waals surface area contributed by atoms with E-state index < -0.39 is 0 Å². The lowest BCUT2D eigenvalue weighted by Gasteiger charge is -2.25. The predicted molar refractivity (Wildman–Crippen MR) is 58.1 cm³/mol. The smallest absolute Gasteiger partial charge is 0.253 e. The molecule has 0 saturated carbocycles. The second-order valence-corrected chi connectivity index (χ2v) is 3.85. The molecule has 0 radical (unpaired) electrons. The number of likely N-dealkylation sites (N-methyl/N-ethyl adjacent to an activating group) is 1. The molecule has 2 aliphatic rings. The topological polar surface area (TPSA) is 29.5 Å². The highest BCUT2D eigenvalue weighted by Crippen LogP contribution is 2.26. The summed E-state index contributed by atoms with van der Waals surface area (Å²) in [6, 6.07) is 0. The molecule has 1 aliphatic heterocycles. The number of methoxy groups -OCH3 is 1. The predicted octanol–water partition coefficient (Wildman–Crippen LogP) is 1.64. The fraction of sp³-hybridized carbons (Fsp3) is 0.417. The van der Waals surface area contributed by atoms with Crippen molar-refractivity contribution in [2.45, 2.75) is 12.8 Å². The van der Waals surface area contributed by atoms with Crippen LogP contribution in [0.4, 0.5) is 0 Å². The number of allylic oxidation sites excluding steroid dienone is 2. The van der Waals surface area contributed by atoms with Crippen molar-refractivity contribution < 1.29 is 9.53 Å². The Labute approximate surface area is 89.7 Å². The van der Waals surface area contributed by atoms with Crippen LogP contribution >= 0.6 is 0 Å². The van der Waals surface area contributed by atoms with E-state index in [0.29, 0.717) is 0 Å². The summed E-state index contributed by atoms with van der Waals surface area (Å²) < 4.78 is 5.17. The maximum atomic E-state index is 11.9. The van der Waals surface area contributed by atoms with Crippen LogP contribution in [0.1, 0.15) is 12.8 Å². The van der Waals surface area contributed by atoms with Crippen molar-refractivity contribution in [3.63, 3.8) is 0 Å². The normalized spacial score (nSPS) is 21.1. The van der Waals surface area contributed by atoms with Gasteiger partial charge < -0.3 is 9.64 Å².